The Kier molecular flexibility index (Phi) is 3.83. The maximum atomic E-state index is 13.2. The van der Waals surface area contributed by atoms with Gasteiger partial charge >= 0.3 is 5.97 Å². The number of halogens is 2. The molecule has 0 amide bonds. The van der Waals surface area contributed by atoms with E-state index in [0.29, 0.717) is 11.3 Å². The molecule has 0 spiro atoms. The molecule has 0 saturated heterocycles. The van der Waals surface area contributed by atoms with E-state index in [1.54, 1.807) is 20.8 Å². The molecule has 0 bridgehead atoms. The number of aromatic nitrogens is 2. The normalized spacial score (nSPS) is 10.9. The molecule has 4 nitrogen and oxygen atoms in total. The lowest BCUT2D eigenvalue weighted by Crippen LogP contribution is -2.13. The SMILES string of the molecule is Cc1[nH]c(-c2ccc(F)c(F)c2)nc1C(=O)OC(C)C. The summed E-state index contributed by atoms with van der Waals surface area (Å²) in [5, 5.41) is 0. The minimum absolute atomic E-state index is 0.137. The average Bonchev–Trinajstić information content (AvgIpc) is 2.74. The van der Waals surface area contributed by atoms with E-state index < -0.39 is 17.6 Å². The molecule has 0 saturated carbocycles. The molecule has 0 radical (unpaired) electrons. The second kappa shape index (κ2) is 5.40. The van der Waals surface area contributed by atoms with Crippen LogP contribution in [0, 0.1) is 18.6 Å². The number of nitrogens with zero attached hydrogens (tertiary/aromatic N) is 1. The van der Waals surface area contributed by atoms with Crippen molar-refractivity contribution in [1.29, 1.82) is 0 Å². The van der Waals surface area contributed by atoms with E-state index in [1.165, 1.54) is 6.07 Å². The van der Waals surface area contributed by atoms with Gasteiger partial charge in [0.1, 0.15) is 5.82 Å². The molecule has 106 valence electrons. The number of benzene rings is 1. The van der Waals surface area contributed by atoms with Crippen molar-refractivity contribution in [3.8, 4) is 11.4 Å². The number of rotatable bonds is 3. The molecular weight excluding hydrogens is 266 g/mol. The maximum absolute atomic E-state index is 13.2. The molecule has 1 aromatic carbocycles. The van der Waals surface area contributed by atoms with Gasteiger partial charge in [-0.05, 0) is 39.0 Å². The van der Waals surface area contributed by atoms with Crippen molar-refractivity contribution in [2.75, 3.05) is 0 Å². The Balaban J connectivity index is 2.35. The molecule has 6 heteroatoms. The first-order valence-corrected chi connectivity index (χ1v) is 6.11. The maximum Gasteiger partial charge on any atom is 0.359 e. The van der Waals surface area contributed by atoms with Gasteiger partial charge in [0.25, 0.3) is 0 Å². The van der Waals surface area contributed by atoms with Crippen molar-refractivity contribution >= 4 is 5.97 Å². The molecule has 20 heavy (non-hydrogen) atoms. The van der Waals surface area contributed by atoms with Crippen LogP contribution in [0.4, 0.5) is 8.78 Å². The van der Waals surface area contributed by atoms with Gasteiger partial charge in [-0.15, -0.1) is 0 Å². The van der Waals surface area contributed by atoms with E-state index in [9.17, 15) is 13.6 Å². The number of ether oxygens (including phenoxy) is 1. The molecule has 0 aliphatic rings. The van der Waals surface area contributed by atoms with Gasteiger partial charge in [0.2, 0.25) is 0 Å². The average molecular weight is 280 g/mol. The molecule has 1 heterocycles. The van der Waals surface area contributed by atoms with Crippen molar-refractivity contribution < 1.29 is 18.3 Å². The van der Waals surface area contributed by atoms with Crippen molar-refractivity contribution in [2.45, 2.75) is 26.9 Å². The highest BCUT2D eigenvalue weighted by Crippen LogP contribution is 2.21. The van der Waals surface area contributed by atoms with E-state index in [0.717, 1.165) is 12.1 Å². The summed E-state index contributed by atoms with van der Waals surface area (Å²) in [6.07, 6.45) is -0.259. The van der Waals surface area contributed by atoms with Crippen molar-refractivity contribution in [2.24, 2.45) is 0 Å². The monoisotopic (exact) mass is 280 g/mol. The summed E-state index contributed by atoms with van der Waals surface area (Å²) in [7, 11) is 0. The van der Waals surface area contributed by atoms with Gasteiger partial charge < -0.3 is 9.72 Å². The highest BCUT2D eigenvalue weighted by molar-refractivity contribution is 5.89. The van der Waals surface area contributed by atoms with Gasteiger partial charge in [0, 0.05) is 11.3 Å². The van der Waals surface area contributed by atoms with Gasteiger partial charge in [-0.1, -0.05) is 0 Å². The van der Waals surface area contributed by atoms with Crippen molar-refractivity contribution in [3.05, 3.63) is 41.2 Å². The predicted molar refractivity (Wildman–Crippen MR) is 69.2 cm³/mol. The van der Waals surface area contributed by atoms with Gasteiger partial charge in [-0.3, -0.25) is 0 Å². The van der Waals surface area contributed by atoms with E-state index in [1.807, 2.05) is 0 Å². The summed E-state index contributed by atoms with van der Waals surface area (Å²) in [5.41, 5.74) is 1.00. The number of H-pyrrole nitrogens is 1. The summed E-state index contributed by atoms with van der Waals surface area (Å²) in [5.74, 6) is -2.17. The van der Waals surface area contributed by atoms with Crippen LogP contribution >= 0.6 is 0 Å². The Morgan fingerprint density at radius 3 is 2.60 bits per heavy atom. The predicted octanol–water partition coefficient (Wildman–Crippen LogP) is 3.23. The van der Waals surface area contributed by atoms with Crippen LogP contribution in [0.2, 0.25) is 0 Å². The summed E-state index contributed by atoms with van der Waals surface area (Å²) in [4.78, 5) is 18.7. The molecule has 0 atom stereocenters. The van der Waals surface area contributed by atoms with Crippen LogP contribution in [0.25, 0.3) is 11.4 Å². The third-order valence-corrected chi connectivity index (χ3v) is 2.61. The van der Waals surface area contributed by atoms with E-state index in [2.05, 4.69) is 9.97 Å². The molecule has 0 fully saturated rings. The van der Waals surface area contributed by atoms with Gasteiger partial charge in [-0.25, -0.2) is 18.6 Å². The third-order valence-electron chi connectivity index (χ3n) is 2.61. The molecule has 2 aromatic rings. The fourth-order valence-electron chi connectivity index (χ4n) is 1.71. The number of imidazole rings is 1. The number of carbonyl (C=O) groups is 1. The fourth-order valence-corrected chi connectivity index (χ4v) is 1.71. The quantitative estimate of drug-likeness (QED) is 0.878. The van der Waals surface area contributed by atoms with Crippen LogP contribution in [0.3, 0.4) is 0 Å². The Morgan fingerprint density at radius 1 is 1.30 bits per heavy atom. The summed E-state index contributed by atoms with van der Waals surface area (Å²) in [6, 6.07) is 3.41. The zero-order valence-electron chi connectivity index (χ0n) is 11.3. The molecule has 0 aliphatic carbocycles. The number of esters is 1. The molecule has 0 unspecified atom stereocenters. The lowest BCUT2D eigenvalue weighted by Gasteiger charge is -2.05. The number of hydrogen-bond donors (Lipinski definition) is 1. The number of aromatic amines is 1. The Bertz CT molecular complexity index is 651. The Hall–Kier alpha value is -2.24. The number of aryl methyl sites for hydroxylation is 1. The first kappa shape index (κ1) is 14.2. The Labute approximate surface area is 114 Å². The summed E-state index contributed by atoms with van der Waals surface area (Å²) < 4.78 is 31.1. The summed E-state index contributed by atoms with van der Waals surface area (Å²) >= 11 is 0. The second-order valence-electron chi connectivity index (χ2n) is 4.64. The van der Waals surface area contributed by atoms with E-state index in [-0.39, 0.29) is 17.6 Å². The first-order chi connectivity index (χ1) is 9.38. The highest BCUT2D eigenvalue weighted by Gasteiger charge is 2.18. The standard InChI is InChI=1S/C14H14F2N2O2/c1-7(2)20-14(19)12-8(3)17-13(18-12)9-4-5-10(15)11(16)6-9/h4-7H,1-3H3,(H,17,18). The fraction of sp³-hybridized carbons (Fsp3) is 0.286. The summed E-state index contributed by atoms with van der Waals surface area (Å²) in [6.45, 7) is 5.12. The lowest BCUT2D eigenvalue weighted by atomic mass is 10.2. The smallest absolute Gasteiger partial charge is 0.359 e. The first-order valence-electron chi connectivity index (χ1n) is 6.11. The van der Waals surface area contributed by atoms with Crippen LogP contribution in [-0.4, -0.2) is 22.0 Å². The Morgan fingerprint density at radius 2 is 2.00 bits per heavy atom. The van der Waals surface area contributed by atoms with Gasteiger partial charge in [0.15, 0.2) is 17.3 Å². The molecule has 0 aliphatic heterocycles. The van der Waals surface area contributed by atoms with Gasteiger partial charge in [0.05, 0.1) is 6.10 Å². The van der Waals surface area contributed by atoms with E-state index >= 15 is 0 Å². The van der Waals surface area contributed by atoms with Crippen LogP contribution in [0.15, 0.2) is 18.2 Å². The zero-order valence-corrected chi connectivity index (χ0v) is 11.3. The minimum atomic E-state index is -0.970. The van der Waals surface area contributed by atoms with Crippen LogP contribution in [0.5, 0.6) is 0 Å². The van der Waals surface area contributed by atoms with Gasteiger partial charge in [-0.2, -0.15) is 0 Å². The van der Waals surface area contributed by atoms with E-state index in [4.69, 9.17) is 4.74 Å². The molecule has 2 rings (SSSR count). The van der Waals surface area contributed by atoms with Crippen molar-refractivity contribution in [3.63, 3.8) is 0 Å². The van der Waals surface area contributed by atoms with Crippen molar-refractivity contribution in [1.82, 2.24) is 9.97 Å². The van der Waals surface area contributed by atoms with Crippen LogP contribution in [0.1, 0.15) is 30.0 Å². The number of nitrogens with one attached hydrogen (secondary N) is 1. The third kappa shape index (κ3) is 2.84. The zero-order chi connectivity index (χ0) is 14.9. The highest BCUT2D eigenvalue weighted by atomic mass is 19.2. The van der Waals surface area contributed by atoms with Crippen LogP contribution < -0.4 is 0 Å². The topological polar surface area (TPSA) is 55.0 Å². The molecule has 1 aromatic heterocycles. The lowest BCUT2D eigenvalue weighted by molar-refractivity contribution is 0.0370. The number of hydrogen-bond acceptors (Lipinski definition) is 3. The minimum Gasteiger partial charge on any atom is -0.458 e. The largest absolute Gasteiger partial charge is 0.458 e. The number of carbonyl (C=O) groups excluding carboxylic acids is 1. The van der Waals surface area contributed by atoms with Crippen LogP contribution in [-0.2, 0) is 4.74 Å². The molecule has 1 N–H and O–H groups in total. The second-order valence-corrected chi connectivity index (χ2v) is 4.64. The molecular formula is C14H14F2N2O2.